The van der Waals surface area contributed by atoms with Crippen LogP contribution >= 0.6 is 11.8 Å². The number of amides is 2. The summed E-state index contributed by atoms with van der Waals surface area (Å²) in [4.78, 5) is 46.1. The van der Waals surface area contributed by atoms with Crippen molar-refractivity contribution < 1.29 is 39.6 Å². The van der Waals surface area contributed by atoms with Gasteiger partial charge in [-0.05, 0) is 30.7 Å². The molecular formula is C19H26N2O8S. The van der Waals surface area contributed by atoms with Gasteiger partial charge in [-0.25, -0.2) is 4.79 Å². The molecular weight excluding hydrogens is 416 g/mol. The third-order valence-electron chi connectivity index (χ3n) is 4.00. The van der Waals surface area contributed by atoms with E-state index in [2.05, 4.69) is 10.6 Å². The quantitative estimate of drug-likeness (QED) is 0.253. The number of rotatable bonds is 13. The van der Waals surface area contributed by atoms with E-state index in [1.54, 1.807) is 6.92 Å². The van der Waals surface area contributed by atoms with Crippen molar-refractivity contribution in [1.29, 1.82) is 0 Å². The van der Waals surface area contributed by atoms with Crippen molar-refractivity contribution in [1.82, 2.24) is 5.32 Å². The Labute approximate surface area is 177 Å². The Kier molecular flexibility index (Phi) is 10.9. The highest BCUT2D eigenvalue weighted by Crippen LogP contribution is 2.15. The van der Waals surface area contributed by atoms with Gasteiger partial charge in [-0.2, -0.15) is 11.8 Å². The maximum absolute atomic E-state index is 12.2. The van der Waals surface area contributed by atoms with E-state index in [1.165, 1.54) is 36.0 Å². The first kappa shape index (κ1) is 25.4. The molecule has 2 amide bonds. The molecule has 0 heterocycles. The van der Waals surface area contributed by atoms with E-state index in [9.17, 15) is 24.3 Å². The minimum absolute atomic E-state index is 0.163. The van der Waals surface area contributed by atoms with Crippen molar-refractivity contribution in [2.45, 2.75) is 31.9 Å². The number of thioether (sulfide) groups is 1. The second kappa shape index (κ2) is 12.8. The summed E-state index contributed by atoms with van der Waals surface area (Å²) in [6.07, 6.45) is -1.46. The Balaban J connectivity index is 2.58. The van der Waals surface area contributed by atoms with E-state index in [1.807, 2.05) is 0 Å². The van der Waals surface area contributed by atoms with Crippen LogP contribution in [0, 0.1) is 5.92 Å². The topological polar surface area (TPSA) is 173 Å². The number of anilines is 1. The number of benzene rings is 1. The summed E-state index contributed by atoms with van der Waals surface area (Å²) in [6.45, 7) is 1.39. The molecule has 11 heteroatoms. The molecule has 10 nitrogen and oxygen atoms in total. The molecule has 30 heavy (non-hydrogen) atoms. The predicted molar refractivity (Wildman–Crippen MR) is 110 cm³/mol. The lowest BCUT2D eigenvalue weighted by atomic mass is 10.1. The average molecular weight is 442 g/mol. The molecule has 0 fully saturated rings. The number of aliphatic hydroxyl groups excluding tert-OH is 2. The first-order valence-electron chi connectivity index (χ1n) is 9.17. The number of carboxylic acid groups (broad SMARTS) is 2. The molecule has 0 radical (unpaired) electrons. The van der Waals surface area contributed by atoms with E-state index >= 15 is 0 Å². The Hall–Kier alpha value is -2.63. The fourth-order valence-electron chi connectivity index (χ4n) is 2.25. The zero-order chi connectivity index (χ0) is 22.7. The van der Waals surface area contributed by atoms with Crippen LogP contribution in [0.2, 0.25) is 0 Å². The Morgan fingerprint density at radius 3 is 2.23 bits per heavy atom. The van der Waals surface area contributed by atoms with Gasteiger partial charge in [0, 0.05) is 35.1 Å². The number of carbonyl (C=O) groups excluding carboxylic acids is 2. The van der Waals surface area contributed by atoms with Gasteiger partial charge in [-0.15, -0.1) is 0 Å². The zero-order valence-corrected chi connectivity index (χ0v) is 17.2. The van der Waals surface area contributed by atoms with Gasteiger partial charge in [-0.1, -0.05) is 6.92 Å². The predicted octanol–water partition coefficient (Wildman–Crippen LogP) is 0.395. The molecule has 1 aromatic rings. The summed E-state index contributed by atoms with van der Waals surface area (Å²) in [6, 6.07) is 4.50. The van der Waals surface area contributed by atoms with Gasteiger partial charge < -0.3 is 31.1 Å². The summed E-state index contributed by atoms with van der Waals surface area (Å²) in [7, 11) is 0. The molecule has 6 N–H and O–H groups in total. The first-order chi connectivity index (χ1) is 14.1. The molecule has 0 aliphatic carbocycles. The minimum Gasteiger partial charge on any atom is -0.481 e. The maximum atomic E-state index is 12.2. The van der Waals surface area contributed by atoms with E-state index < -0.39 is 36.4 Å². The molecule has 166 valence electrons. The van der Waals surface area contributed by atoms with Gasteiger partial charge >= 0.3 is 11.9 Å². The van der Waals surface area contributed by atoms with Gasteiger partial charge in [0.25, 0.3) is 5.91 Å². The van der Waals surface area contributed by atoms with Crippen molar-refractivity contribution in [3.05, 3.63) is 29.8 Å². The Bertz CT molecular complexity index is 741. The van der Waals surface area contributed by atoms with Crippen LogP contribution in [0.15, 0.2) is 24.3 Å². The van der Waals surface area contributed by atoms with Crippen LogP contribution in [0.5, 0.6) is 0 Å². The van der Waals surface area contributed by atoms with Crippen LogP contribution in [0.25, 0.3) is 0 Å². The molecule has 0 saturated carbocycles. The molecule has 3 atom stereocenters. The number of nitrogens with one attached hydrogen (secondary N) is 2. The van der Waals surface area contributed by atoms with Crippen LogP contribution in [-0.2, 0) is 14.4 Å². The number of carboxylic acids is 2. The van der Waals surface area contributed by atoms with Crippen LogP contribution < -0.4 is 10.6 Å². The van der Waals surface area contributed by atoms with Crippen LogP contribution in [0.1, 0.15) is 30.1 Å². The lowest BCUT2D eigenvalue weighted by Crippen LogP contribution is -2.41. The Morgan fingerprint density at radius 1 is 1.07 bits per heavy atom. The zero-order valence-electron chi connectivity index (χ0n) is 16.4. The maximum Gasteiger partial charge on any atom is 0.326 e. The number of aliphatic carboxylic acids is 2. The standard InChI is InChI=1S/C19H26N2O8S/c1-11(9-30-10-14(23)8-22)17(26)20-13-4-2-12(3-5-13)18(27)21-15(19(28)29)6-7-16(24)25/h2-5,11,14-15,22-23H,6-10H2,1H3,(H,20,26)(H,21,27)(H,24,25)(H,28,29)/t11-,14+,15-/m0/s1. The number of aliphatic hydroxyl groups is 2. The third kappa shape index (κ3) is 9.25. The van der Waals surface area contributed by atoms with Crippen molar-refractivity contribution in [2.75, 3.05) is 23.4 Å². The van der Waals surface area contributed by atoms with Crippen molar-refractivity contribution >= 4 is 41.2 Å². The highest BCUT2D eigenvalue weighted by molar-refractivity contribution is 7.99. The number of hydrogen-bond acceptors (Lipinski definition) is 7. The molecule has 0 aliphatic heterocycles. The Morgan fingerprint density at radius 2 is 1.70 bits per heavy atom. The van der Waals surface area contributed by atoms with Crippen LogP contribution in [0.3, 0.4) is 0 Å². The van der Waals surface area contributed by atoms with Crippen molar-refractivity contribution in [3.63, 3.8) is 0 Å². The smallest absolute Gasteiger partial charge is 0.326 e. The number of hydrogen-bond donors (Lipinski definition) is 6. The molecule has 0 unspecified atom stereocenters. The molecule has 0 spiro atoms. The summed E-state index contributed by atoms with van der Waals surface area (Å²) in [5, 5.41) is 40.8. The van der Waals surface area contributed by atoms with Gasteiger partial charge in [0.15, 0.2) is 0 Å². The molecule has 0 aliphatic rings. The van der Waals surface area contributed by atoms with E-state index in [-0.39, 0.29) is 30.4 Å². The molecule has 0 saturated heterocycles. The van der Waals surface area contributed by atoms with Crippen molar-refractivity contribution in [3.8, 4) is 0 Å². The summed E-state index contributed by atoms with van der Waals surface area (Å²) >= 11 is 1.34. The van der Waals surface area contributed by atoms with Crippen molar-refractivity contribution in [2.24, 2.45) is 5.92 Å². The van der Waals surface area contributed by atoms with E-state index in [4.69, 9.17) is 15.3 Å². The lowest BCUT2D eigenvalue weighted by Gasteiger charge is -2.15. The van der Waals surface area contributed by atoms with Gasteiger partial charge in [-0.3, -0.25) is 14.4 Å². The second-order valence-corrected chi connectivity index (χ2v) is 7.71. The highest BCUT2D eigenvalue weighted by atomic mass is 32.2. The van der Waals surface area contributed by atoms with Crippen LogP contribution in [-0.4, -0.2) is 74.4 Å². The SMILES string of the molecule is C[C@@H](CSC[C@H](O)CO)C(=O)Nc1ccc(C(=O)N[C@@H](CCC(=O)O)C(=O)O)cc1. The summed E-state index contributed by atoms with van der Waals surface area (Å²) < 4.78 is 0. The van der Waals surface area contributed by atoms with Gasteiger partial charge in [0.05, 0.1) is 12.7 Å². The monoisotopic (exact) mass is 442 g/mol. The number of carbonyl (C=O) groups is 4. The lowest BCUT2D eigenvalue weighted by molar-refractivity contribution is -0.140. The second-order valence-electron chi connectivity index (χ2n) is 6.64. The summed E-state index contributed by atoms with van der Waals surface area (Å²) in [5.41, 5.74) is 0.612. The highest BCUT2D eigenvalue weighted by Gasteiger charge is 2.21. The van der Waals surface area contributed by atoms with Crippen LogP contribution in [0.4, 0.5) is 5.69 Å². The summed E-state index contributed by atoms with van der Waals surface area (Å²) in [5.74, 6) is -2.98. The molecule has 1 aromatic carbocycles. The largest absolute Gasteiger partial charge is 0.481 e. The fourth-order valence-corrected chi connectivity index (χ4v) is 3.26. The molecule has 0 aromatic heterocycles. The van der Waals surface area contributed by atoms with E-state index in [0.717, 1.165) is 0 Å². The van der Waals surface area contributed by atoms with Gasteiger partial charge in [0.2, 0.25) is 5.91 Å². The normalized spacial score (nSPS) is 13.7. The average Bonchev–Trinajstić information content (AvgIpc) is 2.70. The minimum atomic E-state index is -1.33. The van der Waals surface area contributed by atoms with Gasteiger partial charge in [0.1, 0.15) is 6.04 Å². The molecule has 1 rings (SSSR count). The molecule has 0 bridgehead atoms. The third-order valence-corrected chi connectivity index (χ3v) is 5.36. The first-order valence-corrected chi connectivity index (χ1v) is 10.3. The fraction of sp³-hybridized carbons (Fsp3) is 0.474. The van der Waals surface area contributed by atoms with E-state index in [0.29, 0.717) is 17.2 Å².